The van der Waals surface area contributed by atoms with E-state index in [1.807, 2.05) is 0 Å². The summed E-state index contributed by atoms with van der Waals surface area (Å²) in [5.74, 6) is -0.507. The van der Waals surface area contributed by atoms with Gasteiger partial charge in [-0.3, -0.25) is 9.59 Å². The van der Waals surface area contributed by atoms with Gasteiger partial charge in [0.25, 0.3) is 0 Å². The number of hydrogen-bond donors (Lipinski definition) is 1. The van der Waals surface area contributed by atoms with Crippen molar-refractivity contribution in [2.75, 3.05) is 7.11 Å². The molecule has 17 heavy (non-hydrogen) atoms. The molecule has 1 aromatic rings. The lowest BCUT2D eigenvalue weighted by atomic mass is 9.78. The number of rotatable bonds is 2. The van der Waals surface area contributed by atoms with Crippen LogP contribution in [0.15, 0.2) is 18.2 Å². The number of ketones is 2. The summed E-state index contributed by atoms with van der Waals surface area (Å²) in [7, 11) is 1.48. The maximum atomic E-state index is 11.9. The number of aliphatic hydroxyl groups excluding tert-OH is 1. The fourth-order valence-electron chi connectivity index (χ4n) is 2.26. The van der Waals surface area contributed by atoms with Gasteiger partial charge in [-0.05, 0) is 13.0 Å². The Bertz CT molecular complexity index is 478. The zero-order chi connectivity index (χ0) is 12.6. The van der Waals surface area contributed by atoms with Crippen LogP contribution in [0.2, 0.25) is 0 Å². The van der Waals surface area contributed by atoms with E-state index in [0.717, 1.165) is 0 Å². The smallest absolute Gasteiger partial charge is 0.164 e. The first-order valence-electron chi connectivity index (χ1n) is 5.45. The summed E-state index contributed by atoms with van der Waals surface area (Å²) < 4.78 is 5.14. The van der Waals surface area contributed by atoms with E-state index in [4.69, 9.17) is 4.74 Å². The molecule has 2 atom stereocenters. The topological polar surface area (TPSA) is 63.6 Å². The Kier molecular flexibility index (Phi) is 2.98. The van der Waals surface area contributed by atoms with Crippen LogP contribution in [0.1, 0.15) is 35.4 Å². The molecule has 90 valence electrons. The first kappa shape index (κ1) is 11.8. The molecule has 0 amide bonds. The summed E-state index contributed by atoms with van der Waals surface area (Å²) in [6.07, 6.45) is -0.896. The number of methoxy groups -OCH3 is 1. The van der Waals surface area contributed by atoms with Crippen LogP contribution in [0.3, 0.4) is 0 Å². The third-order valence-electron chi connectivity index (χ3n) is 3.19. The summed E-state index contributed by atoms with van der Waals surface area (Å²) in [4.78, 5) is 23.3. The summed E-state index contributed by atoms with van der Waals surface area (Å²) in [5, 5.41) is 10.2. The molecule has 0 saturated carbocycles. The zero-order valence-corrected chi connectivity index (χ0v) is 9.77. The fraction of sp³-hybridized carbons (Fsp3) is 0.385. The minimum atomic E-state index is -0.962. The van der Waals surface area contributed by atoms with Crippen molar-refractivity contribution in [2.24, 2.45) is 5.92 Å². The predicted octanol–water partition coefficient (Wildman–Crippen LogP) is 1.52. The van der Waals surface area contributed by atoms with Crippen molar-refractivity contribution in [1.29, 1.82) is 0 Å². The number of carbonyl (C=O) groups is 2. The lowest BCUT2D eigenvalue weighted by molar-refractivity contribution is -0.124. The molecule has 0 spiro atoms. The van der Waals surface area contributed by atoms with Crippen molar-refractivity contribution < 1.29 is 19.4 Å². The molecule has 0 radical (unpaired) electrons. The lowest BCUT2D eigenvalue weighted by Crippen LogP contribution is -2.30. The number of ether oxygens (including phenoxy) is 1. The minimum absolute atomic E-state index is 0.0661. The molecule has 2 rings (SSSR count). The largest absolute Gasteiger partial charge is 0.496 e. The van der Waals surface area contributed by atoms with Gasteiger partial charge in [-0.2, -0.15) is 0 Å². The summed E-state index contributed by atoms with van der Waals surface area (Å²) in [6.45, 7) is 1.39. The Morgan fingerprint density at radius 1 is 1.47 bits per heavy atom. The van der Waals surface area contributed by atoms with Crippen molar-refractivity contribution in [3.05, 3.63) is 29.3 Å². The van der Waals surface area contributed by atoms with Crippen LogP contribution in [-0.2, 0) is 4.79 Å². The molecule has 4 heteroatoms. The third kappa shape index (κ3) is 1.85. The van der Waals surface area contributed by atoms with Gasteiger partial charge in [0.2, 0.25) is 0 Å². The first-order valence-corrected chi connectivity index (χ1v) is 5.45. The van der Waals surface area contributed by atoms with Gasteiger partial charge in [-0.1, -0.05) is 12.1 Å². The summed E-state index contributed by atoms with van der Waals surface area (Å²) >= 11 is 0. The second-order valence-corrected chi connectivity index (χ2v) is 4.21. The zero-order valence-electron chi connectivity index (χ0n) is 9.77. The molecular formula is C13H14O4. The standard InChI is InChI=1S/C13H14O4/c1-7(14)9-6-10(15)8-4-3-5-11(17-2)12(8)13(9)16/h3-5,9,13,16H,6H2,1-2H3/t9?,13-/m1/s1. The van der Waals surface area contributed by atoms with Crippen molar-refractivity contribution in [1.82, 2.24) is 0 Å². The van der Waals surface area contributed by atoms with E-state index < -0.39 is 12.0 Å². The van der Waals surface area contributed by atoms with Gasteiger partial charge in [0.15, 0.2) is 5.78 Å². The van der Waals surface area contributed by atoms with Crippen LogP contribution in [-0.4, -0.2) is 23.8 Å². The van der Waals surface area contributed by atoms with Gasteiger partial charge < -0.3 is 9.84 Å². The molecule has 0 bridgehead atoms. The molecular weight excluding hydrogens is 220 g/mol. The van der Waals surface area contributed by atoms with E-state index in [0.29, 0.717) is 16.9 Å². The van der Waals surface area contributed by atoms with Gasteiger partial charge in [-0.15, -0.1) is 0 Å². The highest BCUT2D eigenvalue weighted by molar-refractivity contribution is 6.02. The quantitative estimate of drug-likeness (QED) is 0.842. The van der Waals surface area contributed by atoms with Gasteiger partial charge in [0.1, 0.15) is 11.5 Å². The Balaban J connectivity index is 2.57. The van der Waals surface area contributed by atoms with E-state index in [-0.39, 0.29) is 18.0 Å². The maximum Gasteiger partial charge on any atom is 0.164 e. The Labute approximate surface area is 99.2 Å². The van der Waals surface area contributed by atoms with Crippen molar-refractivity contribution >= 4 is 11.6 Å². The van der Waals surface area contributed by atoms with E-state index in [9.17, 15) is 14.7 Å². The minimum Gasteiger partial charge on any atom is -0.496 e. The van der Waals surface area contributed by atoms with Crippen LogP contribution < -0.4 is 4.74 Å². The Hall–Kier alpha value is -1.68. The monoisotopic (exact) mass is 234 g/mol. The Morgan fingerprint density at radius 3 is 2.76 bits per heavy atom. The third-order valence-corrected chi connectivity index (χ3v) is 3.19. The average molecular weight is 234 g/mol. The summed E-state index contributed by atoms with van der Waals surface area (Å²) in [5.41, 5.74) is 0.890. The van der Waals surface area contributed by atoms with Crippen LogP contribution in [0.5, 0.6) is 5.75 Å². The predicted molar refractivity (Wildman–Crippen MR) is 61.1 cm³/mol. The second kappa shape index (κ2) is 4.30. The molecule has 0 fully saturated rings. The van der Waals surface area contributed by atoms with Gasteiger partial charge >= 0.3 is 0 Å². The Morgan fingerprint density at radius 2 is 2.18 bits per heavy atom. The van der Waals surface area contributed by atoms with Crippen LogP contribution in [0.4, 0.5) is 0 Å². The van der Waals surface area contributed by atoms with Crippen LogP contribution in [0.25, 0.3) is 0 Å². The first-order chi connectivity index (χ1) is 8.06. The van der Waals surface area contributed by atoms with E-state index in [2.05, 4.69) is 0 Å². The van der Waals surface area contributed by atoms with Crippen molar-refractivity contribution in [3.8, 4) is 5.75 Å². The number of benzene rings is 1. The maximum absolute atomic E-state index is 11.9. The van der Waals surface area contributed by atoms with E-state index in [1.54, 1.807) is 18.2 Å². The number of fused-ring (bicyclic) bond motifs is 1. The van der Waals surface area contributed by atoms with E-state index in [1.165, 1.54) is 14.0 Å². The molecule has 1 aliphatic carbocycles. The fourth-order valence-corrected chi connectivity index (χ4v) is 2.26. The van der Waals surface area contributed by atoms with Crippen molar-refractivity contribution in [3.63, 3.8) is 0 Å². The molecule has 1 aromatic carbocycles. The molecule has 1 unspecified atom stereocenters. The van der Waals surface area contributed by atoms with Crippen molar-refractivity contribution in [2.45, 2.75) is 19.4 Å². The highest BCUT2D eigenvalue weighted by Gasteiger charge is 2.37. The SMILES string of the molecule is COc1cccc2c1[C@H](O)C(C(C)=O)CC2=O. The normalized spacial score (nSPS) is 23.1. The number of carbonyl (C=O) groups excluding carboxylic acids is 2. The van der Waals surface area contributed by atoms with Crippen LogP contribution >= 0.6 is 0 Å². The van der Waals surface area contributed by atoms with Gasteiger partial charge in [0.05, 0.1) is 19.1 Å². The second-order valence-electron chi connectivity index (χ2n) is 4.21. The molecule has 0 aromatic heterocycles. The average Bonchev–Trinajstić information content (AvgIpc) is 2.32. The lowest BCUT2D eigenvalue weighted by Gasteiger charge is -2.28. The highest BCUT2D eigenvalue weighted by atomic mass is 16.5. The molecule has 1 N–H and O–H groups in total. The molecule has 1 aliphatic rings. The van der Waals surface area contributed by atoms with Gasteiger partial charge in [0, 0.05) is 17.5 Å². The number of hydrogen-bond acceptors (Lipinski definition) is 4. The molecule has 4 nitrogen and oxygen atoms in total. The van der Waals surface area contributed by atoms with Gasteiger partial charge in [-0.25, -0.2) is 0 Å². The van der Waals surface area contributed by atoms with E-state index >= 15 is 0 Å². The highest BCUT2D eigenvalue weighted by Crippen LogP contribution is 2.39. The summed E-state index contributed by atoms with van der Waals surface area (Å²) in [6, 6.07) is 5.04. The molecule has 0 saturated heterocycles. The van der Waals surface area contributed by atoms with Crippen LogP contribution in [0, 0.1) is 5.92 Å². The number of Topliss-reactive ketones (excluding diaryl/α,β-unsaturated/α-hetero) is 2. The molecule has 0 aliphatic heterocycles. The molecule has 0 heterocycles. The number of aliphatic hydroxyl groups is 1.